The standard InChI is InChI=1S/C22H16O7/c23-13-5-1-11(2-6-13)9-15-16(25)10-17-18(19(15)26)20(27)21(28)22(29-17)12-3-7-14(24)8-4-12/h1-8,10,23-26,28H,9H2. The first-order valence-corrected chi connectivity index (χ1v) is 8.66. The highest BCUT2D eigenvalue weighted by Gasteiger charge is 2.22. The maximum Gasteiger partial charge on any atom is 0.238 e. The molecule has 5 N–H and O–H groups in total. The Hall–Kier alpha value is -4.13. The zero-order valence-corrected chi connectivity index (χ0v) is 15.0. The van der Waals surface area contributed by atoms with Gasteiger partial charge in [-0.3, -0.25) is 4.79 Å². The molecule has 0 spiro atoms. The van der Waals surface area contributed by atoms with Crippen molar-refractivity contribution in [2.45, 2.75) is 6.42 Å². The van der Waals surface area contributed by atoms with E-state index in [0.29, 0.717) is 11.1 Å². The number of aromatic hydroxyl groups is 5. The van der Waals surface area contributed by atoms with E-state index in [4.69, 9.17) is 4.42 Å². The zero-order valence-electron chi connectivity index (χ0n) is 15.0. The van der Waals surface area contributed by atoms with Crippen molar-refractivity contribution >= 4 is 11.0 Å². The molecule has 0 saturated heterocycles. The Labute approximate surface area is 164 Å². The lowest BCUT2D eigenvalue weighted by molar-refractivity contribution is 0.433. The van der Waals surface area contributed by atoms with E-state index in [0.717, 1.165) is 0 Å². The van der Waals surface area contributed by atoms with Gasteiger partial charge in [0.2, 0.25) is 11.2 Å². The Morgan fingerprint density at radius 1 is 0.759 bits per heavy atom. The summed E-state index contributed by atoms with van der Waals surface area (Å²) >= 11 is 0. The van der Waals surface area contributed by atoms with Crippen molar-refractivity contribution in [1.82, 2.24) is 0 Å². The average molecular weight is 392 g/mol. The van der Waals surface area contributed by atoms with Crippen molar-refractivity contribution in [3.8, 4) is 40.1 Å². The summed E-state index contributed by atoms with van der Waals surface area (Å²) in [5.74, 6) is -1.53. The Morgan fingerprint density at radius 2 is 1.34 bits per heavy atom. The molecule has 0 saturated carbocycles. The number of fused-ring (bicyclic) bond motifs is 1. The van der Waals surface area contributed by atoms with E-state index in [2.05, 4.69) is 0 Å². The van der Waals surface area contributed by atoms with Gasteiger partial charge in [-0.15, -0.1) is 0 Å². The van der Waals surface area contributed by atoms with Crippen molar-refractivity contribution in [2.75, 3.05) is 0 Å². The predicted molar refractivity (Wildman–Crippen MR) is 105 cm³/mol. The molecule has 0 aliphatic heterocycles. The zero-order chi connectivity index (χ0) is 20.7. The summed E-state index contributed by atoms with van der Waals surface area (Å²) in [5, 5.41) is 49.9. The molecule has 29 heavy (non-hydrogen) atoms. The van der Waals surface area contributed by atoms with Gasteiger partial charge in [0.25, 0.3) is 0 Å². The van der Waals surface area contributed by atoms with Crippen LogP contribution in [0.4, 0.5) is 0 Å². The maximum absolute atomic E-state index is 12.7. The molecule has 7 nitrogen and oxygen atoms in total. The van der Waals surface area contributed by atoms with Crippen LogP contribution in [0.25, 0.3) is 22.3 Å². The minimum atomic E-state index is -0.848. The van der Waals surface area contributed by atoms with Gasteiger partial charge in [-0.2, -0.15) is 0 Å². The van der Waals surface area contributed by atoms with E-state index in [1.54, 1.807) is 12.1 Å². The van der Waals surface area contributed by atoms with Gasteiger partial charge >= 0.3 is 0 Å². The van der Waals surface area contributed by atoms with Crippen LogP contribution in [0.15, 0.2) is 63.8 Å². The number of hydrogen-bond acceptors (Lipinski definition) is 7. The van der Waals surface area contributed by atoms with Crippen LogP contribution in [0.1, 0.15) is 11.1 Å². The van der Waals surface area contributed by atoms with Gasteiger partial charge in [0, 0.05) is 23.6 Å². The van der Waals surface area contributed by atoms with Crippen LogP contribution in [0.5, 0.6) is 28.7 Å². The second kappa shape index (κ2) is 6.79. The molecule has 7 heteroatoms. The van der Waals surface area contributed by atoms with Crippen LogP contribution in [0.3, 0.4) is 0 Å². The third-order valence-corrected chi connectivity index (χ3v) is 4.66. The quantitative estimate of drug-likeness (QED) is 0.360. The van der Waals surface area contributed by atoms with Crippen LogP contribution >= 0.6 is 0 Å². The SMILES string of the molecule is O=c1c(O)c(-c2ccc(O)cc2)oc2cc(O)c(Cc3ccc(O)cc3)c(O)c12. The largest absolute Gasteiger partial charge is 0.508 e. The van der Waals surface area contributed by atoms with Gasteiger partial charge in [-0.25, -0.2) is 0 Å². The Balaban J connectivity index is 1.89. The molecule has 0 unspecified atom stereocenters. The Bertz CT molecular complexity index is 1270. The average Bonchev–Trinajstić information content (AvgIpc) is 2.70. The van der Waals surface area contributed by atoms with Gasteiger partial charge < -0.3 is 29.9 Å². The maximum atomic E-state index is 12.7. The fraction of sp³-hybridized carbons (Fsp3) is 0.0455. The molecule has 0 aliphatic rings. The minimum Gasteiger partial charge on any atom is -0.508 e. The third-order valence-electron chi connectivity index (χ3n) is 4.66. The van der Waals surface area contributed by atoms with Gasteiger partial charge in [0.15, 0.2) is 5.76 Å². The van der Waals surface area contributed by atoms with E-state index in [1.807, 2.05) is 0 Å². The molecule has 3 aromatic carbocycles. The van der Waals surface area contributed by atoms with E-state index in [-0.39, 0.29) is 46.0 Å². The van der Waals surface area contributed by atoms with Gasteiger partial charge in [-0.1, -0.05) is 12.1 Å². The molecule has 4 rings (SSSR count). The lowest BCUT2D eigenvalue weighted by Gasteiger charge is -2.12. The molecule has 1 heterocycles. The molecular weight excluding hydrogens is 376 g/mol. The minimum absolute atomic E-state index is 0.00513. The molecule has 0 radical (unpaired) electrons. The number of rotatable bonds is 3. The summed E-state index contributed by atoms with van der Waals surface area (Å²) in [7, 11) is 0. The van der Waals surface area contributed by atoms with Crippen molar-refractivity contribution in [2.24, 2.45) is 0 Å². The highest BCUT2D eigenvalue weighted by atomic mass is 16.4. The van der Waals surface area contributed by atoms with Gasteiger partial charge in [0.05, 0.1) is 0 Å². The molecule has 0 fully saturated rings. The fourth-order valence-corrected chi connectivity index (χ4v) is 3.15. The number of phenolic OH excluding ortho intramolecular Hbond substituents is 4. The summed E-state index contributed by atoms with van der Waals surface area (Å²) < 4.78 is 5.60. The van der Waals surface area contributed by atoms with E-state index < -0.39 is 16.9 Å². The van der Waals surface area contributed by atoms with Crippen molar-refractivity contribution < 1.29 is 29.9 Å². The van der Waals surface area contributed by atoms with E-state index in [9.17, 15) is 30.3 Å². The topological polar surface area (TPSA) is 131 Å². The smallest absolute Gasteiger partial charge is 0.238 e. The summed E-state index contributed by atoms with van der Waals surface area (Å²) in [4.78, 5) is 12.7. The van der Waals surface area contributed by atoms with Crippen LogP contribution < -0.4 is 5.43 Å². The normalized spacial score (nSPS) is 11.0. The molecular formula is C22H16O7. The first-order valence-electron chi connectivity index (χ1n) is 8.66. The Morgan fingerprint density at radius 3 is 1.97 bits per heavy atom. The molecule has 146 valence electrons. The highest BCUT2D eigenvalue weighted by Crippen LogP contribution is 2.39. The number of benzene rings is 3. The molecule has 0 atom stereocenters. The summed E-state index contributed by atoms with van der Waals surface area (Å²) in [6.07, 6.45) is 0.0911. The number of hydrogen-bond donors (Lipinski definition) is 5. The van der Waals surface area contributed by atoms with Crippen LogP contribution in [-0.2, 0) is 6.42 Å². The second-order valence-corrected chi connectivity index (χ2v) is 6.60. The summed E-state index contributed by atoms with van der Waals surface area (Å²) in [6, 6.07) is 13.0. The third kappa shape index (κ3) is 3.19. The van der Waals surface area contributed by atoms with E-state index in [1.165, 1.54) is 42.5 Å². The molecule has 4 aromatic rings. The number of phenols is 4. The molecule has 0 aliphatic carbocycles. The van der Waals surface area contributed by atoms with Gasteiger partial charge in [-0.05, 0) is 42.0 Å². The highest BCUT2D eigenvalue weighted by molar-refractivity contribution is 5.90. The van der Waals surface area contributed by atoms with Crippen LogP contribution in [-0.4, -0.2) is 25.5 Å². The first-order chi connectivity index (χ1) is 13.8. The van der Waals surface area contributed by atoms with Crippen molar-refractivity contribution in [1.29, 1.82) is 0 Å². The monoisotopic (exact) mass is 392 g/mol. The van der Waals surface area contributed by atoms with Crippen LogP contribution in [0.2, 0.25) is 0 Å². The lowest BCUT2D eigenvalue weighted by atomic mass is 10.00. The predicted octanol–water partition coefficient (Wildman–Crippen LogP) is 3.58. The van der Waals surface area contributed by atoms with Crippen molar-refractivity contribution in [3.05, 3.63) is 75.9 Å². The fourth-order valence-electron chi connectivity index (χ4n) is 3.15. The Kier molecular flexibility index (Phi) is 4.27. The second-order valence-electron chi connectivity index (χ2n) is 6.60. The summed E-state index contributed by atoms with van der Waals surface area (Å²) in [6.45, 7) is 0. The molecule has 0 bridgehead atoms. The van der Waals surface area contributed by atoms with Crippen LogP contribution in [0, 0.1) is 0 Å². The van der Waals surface area contributed by atoms with Gasteiger partial charge in [0.1, 0.15) is 34.0 Å². The van der Waals surface area contributed by atoms with Crippen molar-refractivity contribution in [3.63, 3.8) is 0 Å². The summed E-state index contributed by atoms with van der Waals surface area (Å²) in [5.41, 5.74) is 0.167. The molecule has 0 amide bonds. The van der Waals surface area contributed by atoms with E-state index >= 15 is 0 Å². The molecule has 1 aromatic heterocycles. The first kappa shape index (κ1) is 18.2. The lowest BCUT2D eigenvalue weighted by Crippen LogP contribution is -2.04.